The van der Waals surface area contributed by atoms with Gasteiger partial charge in [-0.05, 0) is 38.8 Å². The van der Waals surface area contributed by atoms with Gasteiger partial charge in [-0.25, -0.2) is 0 Å². The first-order chi connectivity index (χ1) is 6.21. The molecule has 0 N–H and O–H groups in total. The van der Waals surface area contributed by atoms with E-state index in [4.69, 9.17) is 0 Å². The molecule has 0 heterocycles. The van der Waals surface area contributed by atoms with Gasteiger partial charge in [0.05, 0.1) is 0 Å². The van der Waals surface area contributed by atoms with E-state index >= 15 is 0 Å². The summed E-state index contributed by atoms with van der Waals surface area (Å²) < 4.78 is 5.13. The van der Waals surface area contributed by atoms with Gasteiger partial charge in [0.15, 0.2) is 0 Å². The maximum absolute atomic E-state index is 2.66. The minimum atomic E-state index is -1.49. The summed E-state index contributed by atoms with van der Waals surface area (Å²) in [6, 6.07) is 0. The second-order valence-electron chi connectivity index (χ2n) is 5.34. The molecule has 0 aliphatic rings. The summed E-state index contributed by atoms with van der Waals surface area (Å²) in [6.45, 7) is 16.4. The first kappa shape index (κ1) is 14.1. The lowest BCUT2D eigenvalue weighted by molar-refractivity contribution is 0.366. The van der Waals surface area contributed by atoms with Crippen molar-refractivity contribution in [3.8, 4) is 0 Å². The predicted octanol–water partition coefficient (Wildman–Crippen LogP) is 2.76. The molecule has 0 amide bonds. The van der Waals surface area contributed by atoms with E-state index in [-0.39, 0.29) is 0 Å². The number of nitrogens with zero attached hydrogens (tertiary/aromatic N) is 2. The van der Waals surface area contributed by atoms with E-state index in [1.165, 1.54) is 0 Å². The third kappa shape index (κ3) is 2.38. The summed E-state index contributed by atoms with van der Waals surface area (Å²) in [5, 5.41) is 0.391. The second-order valence-corrected chi connectivity index (χ2v) is 10.4. The van der Waals surface area contributed by atoms with E-state index in [0.29, 0.717) is 5.04 Å². The molecule has 14 heavy (non-hydrogen) atoms. The van der Waals surface area contributed by atoms with Crippen molar-refractivity contribution < 1.29 is 0 Å². The van der Waals surface area contributed by atoms with Crippen LogP contribution in [-0.4, -0.2) is 44.7 Å². The van der Waals surface area contributed by atoms with Gasteiger partial charge in [-0.1, -0.05) is 34.6 Å². The normalized spacial score (nSPS) is 17.6. The summed E-state index contributed by atoms with van der Waals surface area (Å²) in [6.07, 6.45) is 0. The maximum atomic E-state index is 2.66. The van der Waals surface area contributed by atoms with Crippen LogP contribution in [0.5, 0.6) is 0 Å². The van der Waals surface area contributed by atoms with Crippen LogP contribution in [0.3, 0.4) is 0 Å². The molecule has 0 aromatic rings. The van der Waals surface area contributed by atoms with E-state index in [1.807, 2.05) is 0 Å². The van der Waals surface area contributed by atoms with Crippen molar-refractivity contribution in [1.29, 1.82) is 0 Å². The minimum Gasteiger partial charge on any atom is -0.317 e. The van der Waals surface area contributed by atoms with Gasteiger partial charge in [-0.2, -0.15) is 0 Å². The first-order valence-electron chi connectivity index (χ1n) is 5.64. The molecule has 0 radical (unpaired) electrons. The zero-order chi connectivity index (χ0) is 11.6. The number of hydrogen-bond donors (Lipinski definition) is 0. The maximum Gasteiger partial charge on any atom is 0.208 e. The molecule has 86 valence electrons. The summed E-state index contributed by atoms with van der Waals surface area (Å²) in [5.74, 6) is 0. The Balaban J connectivity index is 5.08. The van der Waals surface area contributed by atoms with Crippen LogP contribution in [0.1, 0.15) is 34.6 Å². The second kappa shape index (κ2) is 4.77. The standard InChI is InChI=1S/C11H28N2Si/c1-9-13(10-2)14(8,12(6)7)11(3,4)5/h9-10H2,1-8H3. The molecule has 1 atom stereocenters. The van der Waals surface area contributed by atoms with Gasteiger partial charge in [0, 0.05) is 0 Å². The molecule has 0 rings (SSSR count). The van der Waals surface area contributed by atoms with Gasteiger partial charge in [0.2, 0.25) is 8.40 Å². The Labute approximate surface area is 91.4 Å². The lowest BCUT2D eigenvalue weighted by Crippen LogP contribution is -2.66. The molecule has 0 bridgehead atoms. The highest BCUT2D eigenvalue weighted by atomic mass is 28.3. The smallest absolute Gasteiger partial charge is 0.208 e. The molecule has 2 nitrogen and oxygen atoms in total. The van der Waals surface area contributed by atoms with Crippen LogP contribution in [0, 0.1) is 0 Å². The average Bonchev–Trinajstić information content (AvgIpc) is 2.03. The number of hydrogen-bond acceptors (Lipinski definition) is 2. The summed E-state index contributed by atoms with van der Waals surface area (Å²) in [7, 11) is 2.97. The minimum absolute atomic E-state index is 0.391. The Morgan fingerprint density at radius 1 is 1.00 bits per heavy atom. The van der Waals surface area contributed by atoms with E-state index < -0.39 is 8.40 Å². The zero-order valence-electron chi connectivity index (χ0n) is 11.3. The van der Waals surface area contributed by atoms with Gasteiger partial charge < -0.3 is 9.13 Å². The van der Waals surface area contributed by atoms with Crippen LogP contribution in [-0.2, 0) is 0 Å². The van der Waals surface area contributed by atoms with Crippen molar-refractivity contribution in [3.05, 3.63) is 0 Å². The van der Waals surface area contributed by atoms with Crippen molar-refractivity contribution in [2.24, 2.45) is 0 Å². The number of rotatable bonds is 4. The third-order valence-electron chi connectivity index (χ3n) is 3.67. The highest BCUT2D eigenvalue weighted by Crippen LogP contribution is 2.39. The predicted molar refractivity (Wildman–Crippen MR) is 67.9 cm³/mol. The van der Waals surface area contributed by atoms with Crippen molar-refractivity contribution in [2.45, 2.75) is 46.2 Å². The highest BCUT2D eigenvalue weighted by molar-refractivity contribution is 6.76. The quantitative estimate of drug-likeness (QED) is 0.667. The van der Waals surface area contributed by atoms with Crippen molar-refractivity contribution >= 4 is 8.40 Å². The van der Waals surface area contributed by atoms with Crippen molar-refractivity contribution in [3.63, 3.8) is 0 Å². The van der Waals surface area contributed by atoms with E-state index in [2.05, 4.69) is 64.4 Å². The van der Waals surface area contributed by atoms with E-state index in [0.717, 1.165) is 13.1 Å². The first-order valence-corrected chi connectivity index (χ1v) is 8.03. The Morgan fingerprint density at radius 2 is 1.36 bits per heavy atom. The molecule has 0 aliphatic heterocycles. The highest BCUT2D eigenvalue weighted by Gasteiger charge is 2.46. The topological polar surface area (TPSA) is 6.48 Å². The van der Waals surface area contributed by atoms with Gasteiger partial charge in [-0.3, -0.25) is 0 Å². The molecular formula is C11H28N2Si. The fourth-order valence-corrected chi connectivity index (χ4v) is 6.35. The third-order valence-corrected chi connectivity index (χ3v) is 10.1. The zero-order valence-corrected chi connectivity index (χ0v) is 12.3. The van der Waals surface area contributed by atoms with Crippen LogP contribution in [0.2, 0.25) is 11.6 Å². The Hall–Kier alpha value is 0.137. The summed E-state index contributed by atoms with van der Waals surface area (Å²) >= 11 is 0. The lowest BCUT2D eigenvalue weighted by Gasteiger charge is -2.51. The SMILES string of the molecule is CCN(CC)[Si](C)(N(C)C)C(C)(C)C. The molecule has 3 heteroatoms. The summed E-state index contributed by atoms with van der Waals surface area (Å²) in [4.78, 5) is 0. The Kier molecular flexibility index (Phi) is 4.82. The van der Waals surface area contributed by atoms with Gasteiger partial charge in [0.25, 0.3) is 0 Å². The van der Waals surface area contributed by atoms with Crippen LogP contribution >= 0.6 is 0 Å². The fraction of sp³-hybridized carbons (Fsp3) is 1.00. The lowest BCUT2D eigenvalue weighted by atomic mass is 10.2. The van der Waals surface area contributed by atoms with Gasteiger partial charge in [0.1, 0.15) is 0 Å². The average molecular weight is 216 g/mol. The molecule has 0 fully saturated rings. The molecule has 0 saturated heterocycles. The van der Waals surface area contributed by atoms with Crippen molar-refractivity contribution in [2.75, 3.05) is 27.2 Å². The molecular weight excluding hydrogens is 188 g/mol. The van der Waals surface area contributed by atoms with Gasteiger partial charge >= 0.3 is 0 Å². The van der Waals surface area contributed by atoms with Crippen LogP contribution in [0.15, 0.2) is 0 Å². The molecule has 0 aromatic carbocycles. The monoisotopic (exact) mass is 216 g/mol. The molecule has 1 unspecified atom stereocenters. The largest absolute Gasteiger partial charge is 0.317 e. The molecule has 0 spiro atoms. The van der Waals surface area contributed by atoms with E-state index in [1.54, 1.807) is 0 Å². The molecule has 0 aromatic heterocycles. The van der Waals surface area contributed by atoms with E-state index in [9.17, 15) is 0 Å². The van der Waals surface area contributed by atoms with Crippen LogP contribution in [0.25, 0.3) is 0 Å². The van der Waals surface area contributed by atoms with Crippen molar-refractivity contribution in [1.82, 2.24) is 9.13 Å². The van der Waals surface area contributed by atoms with Crippen LogP contribution in [0.4, 0.5) is 0 Å². The Morgan fingerprint density at radius 3 is 1.43 bits per heavy atom. The summed E-state index contributed by atoms with van der Waals surface area (Å²) in [5.41, 5.74) is 0. The molecule has 0 saturated carbocycles. The van der Waals surface area contributed by atoms with Crippen LogP contribution < -0.4 is 0 Å². The molecule has 0 aliphatic carbocycles. The fourth-order valence-electron chi connectivity index (χ4n) is 2.27. The Bertz CT molecular complexity index is 171. The van der Waals surface area contributed by atoms with Gasteiger partial charge in [-0.15, -0.1) is 0 Å².